The number of pyridine rings is 1. The van der Waals surface area contributed by atoms with E-state index in [1.165, 1.54) is 17.6 Å². The second-order valence-corrected chi connectivity index (χ2v) is 2.57. The van der Waals surface area contributed by atoms with Crippen molar-refractivity contribution in [2.24, 2.45) is 0 Å². The molecule has 2 aromatic heterocycles. The predicted octanol–water partition coefficient (Wildman–Crippen LogP) is 0.703. The van der Waals surface area contributed by atoms with Crippen molar-refractivity contribution in [3.63, 3.8) is 0 Å². The third kappa shape index (κ3) is 1.26. The van der Waals surface area contributed by atoms with Crippen molar-refractivity contribution in [1.82, 2.24) is 9.38 Å². The lowest BCUT2D eigenvalue weighted by atomic mass is 10.4. The molecule has 4 nitrogen and oxygen atoms in total. The molecule has 0 aliphatic carbocycles. The van der Waals surface area contributed by atoms with E-state index in [1.54, 1.807) is 18.3 Å². The molecule has 0 saturated carbocycles. The van der Waals surface area contributed by atoms with E-state index in [9.17, 15) is 4.79 Å². The van der Waals surface area contributed by atoms with Gasteiger partial charge < -0.3 is 4.74 Å². The minimum absolute atomic E-state index is 0.137. The predicted molar refractivity (Wildman–Crippen MR) is 48.0 cm³/mol. The second-order valence-electron chi connectivity index (χ2n) is 2.57. The van der Waals surface area contributed by atoms with Gasteiger partial charge in [-0.15, -0.1) is 0 Å². The van der Waals surface area contributed by atoms with Gasteiger partial charge in [-0.3, -0.25) is 9.20 Å². The summed E-state index contributed by atoms with van der Waals surface area (Å²) in [5.41, 5.74) is 0.453. The Balaban J connectivity index is 2.85. The smallest absolute Gasteiger partial charge is 0.261 e. The Labute approximate surface area is 74.4 Å². The van der Waals surface area contributed by atoms with Crippen LogP contribution >= 0.6 is 0 Å². The van der Waals surface area contributed by atoms with E-state index in [0.717, 1.165) is 0 Å². The highest BCUT2D eigenvalue weighted by Gasteiger charge is 1.99. The van der Waals surface area contributed by atoms with Crippen molar-refractivity contribution in [3.8, 4) is 5.88 Å². The van der Waals surface area contributed by atoms with Crippen LogP contribution in [0.5, 0.6) is 5.88 Å². The Hall–Kier alpha value is -1.84. The summed E-state index contributed by atoms with van der Waals surface area (Å²) in [6.07, 6.45) is 1.67. The maximum atomic E-state index is 11.4. The molecule has 13 heavy (non-hydrogen) atoms. The van der Waals surface area contributed by atoms with Gasteiger partial charge >= 0.3 is 0 Å². The lowest BCUT2D eigenvalue weighted by Crippen LogP contribution is -2.13. The summed E-state index contributed by atoms with van der Waals surface area (Å²) in [5.74, 6) is 0.344. The molecule has 2 rings (SSSR count). The van der Waals surface area contributed by atoms with Gasteiger partial charge in [0.1, 0.15) is 5.65 Å². The molecule has 0 aliphatic heterocycles. The molecule has 2 heterocycles. The van der Waals surface area contributed by atoms with Crippen molar-refractivity contribution in [2.45, 2.75) is 0 Å². The highest BCUT2D eigenvalue weighted by atomic mass is 16.5. The molecule has 0 amide bonds. The normalized spacial score (nSPS) is 10.2. The molecular weight excluding hydrogens is 168 g/mol. The van der Waals surface area contributed by atoms with Crippen LogP contribution in [0.25, 0.3) is 5.65 Å². The second kappa shape index (κ2) is 2.90. The van der Waals surface area contributed by atoms with Gasteiger partial charge in [-0.25, -0.2) is 0 Å². The molecular formula is C9H8N2O2. The Bertz CT molecular complexity index is 490. The van der Waals surface area contributed by atoms with E-state index >= 15 is 0 Å². The summed E-state index contributed by atoms with van der Waals surface area (Å²) in [5, 5.41) is 0. The monoisotopic (exact) mass is 176 g/mol. The molecule has 0 spiro atoms. The molecule has 66 valence electrons. The fraction of sp³-hybridized carbons (Fsp3) is 0.111. The first-order valence-electron chi connectivity index (χ1n) is 3.84. The summed E-state index contributed by atoms with van der Waals surface area (Å²) < 4.78 is 6.34. The lowest BCUT2D eigenvalue weighted by molar-refractivity contribution is 0.397. The number of rotatable bonds is 1. The zero-order chi connectivity index (χ0) is 9.26. The van der Waals surface area contributed by atoms with Crippen LogP contribution < -0.4 is 10.3 Å². The van der Waals surface area contributed by atoms with Gasteiger partial charge in [-0.2, -0.15) is 4.98 Å². The van der Waals surface area contributed by atoms with E-state index in [-0.39, 0.29) is 5.56 Å². The number of aromatic nitrogens is 2. The zero-order valence-corrected chi connectivity index (χ0v) is 7.10. The van der Waals surface area contributed by atoms with Gasteiger partial charge in [-0.05, 0) is 12.1 Å². The number of methoxy groups -OCH3 is 1. The summed E-state index contributed by atoms with van der Waals surface area (Å²) >= 11 is 0. The largest absolute Gasteiger partial charge is 0.481 e. The first-order chi connectivity index (χ1) is 6.31. The van der Waals surface area contributed by atoms with E-state index in [2.05, 4.69) is 4.98 Å². The Morgan fingerprint density at radius 1 is 1.46 bits per heavy atom. The average molecular weight is 176 g/mol. The van der Waals surface area contributed by atoms with Crippen LogP contribution in [-0.2, 0) is 0 Å². The molecule has 0 aliphatic rings. The first kappa shape index (κ1) is 7.79. The van der Waals surface area contributed by atoms with E-state index in [0.29, 0.717) is 11.5 Å². The minimum Gasteiger partial charge on any atom is -0.481 e. The molecule has 4 heteroatoms. The van der Waals surface area contributed by atoms with E-state index in [4.69, 9.17) is 4.74 Å². The molecule has 0 fully saturated rings. The first-order valence-corrected chi connectivity index (χ1v) is 3.84. The average Bonchev–Trinajstić information content (AvgIpc) is 2.18. The fourth-order valence-corrected chi connectivity index (χ4v) is 1.14. The molecule has 0 aromatic carbocycles. The number of hydrogen-bond acceptors (Lipinski definition) is 3. The third-order valence-electron chi connectivity index (χ3n) is 1.76. The fourth-order valence-electron chi connectivity index (χ4n) is 1.14. The maximum Gasteiger partial charge on any atom is 0.261 e. The van der Waals surface area contributed by atoms with Crippen LogP contribution in [-0.4, -0.2) is 16.5 Å². The number of ether oxygens (including phenoxy) is 1. The molecule has 0 saturated heterocycles. The Kier molecular flexibility index (Phi) is 1.73. The highest BCUT2D eigenvalue weighted by Crippen LogP contribution is 2.03. The topological polar surface area (TPSA) is 43.6 Å². The quantitative estimate of drug-likeness (QED) is 0.642. The summed E-state index contributed by atoms with van der Waals surface area (Å²) in [7, 11) is 1.49. The molecule has 0 unspecified atom stereocenters. The molecule has 2 aromatic rings. The summed E-state index contributed by atoms with van der Waals surface area (Å²) in [6, 6.07) is 6.71. The van der Waals surface area contributed by atoms with Crippen LogP contribution in [0.4, 0.5) is 0 Å². The van der Waals surface area contributed by atoms with E-state index < -0.39 is 0 Å². The highest BCUT2D eigenvalue weighted by molar-refractivity contribution is 5.39. The number of fused-ring (bicyclic) bond motifs is 1. The molecule has 0 bridgehead atoms. The van der Waals surface area contributed by atoms with Crippen LogP contribution in [0.1, 0.15) is 0 Å². The van der Waals surface area contributed by atoms with Crippen molar-refractivity contribution < 1.29 is 4.74 Å². The van der Waals surface area contributed by atoms with Gasteiger partial charge in [-0.1, -0.05) is 6.07 Å². The lowest BCUT2D eigenvalue weighted by Gasteiger charge is -2.01. The van der Waals surface area contributed by atoms with E-state index in [1.807, 2.05) is 6.07 Å². The van der Waals surface area contributed by atoms with Gasteiger partial charge in [0.15, 0.2) is 0 Å². The number of hydrogen-bond donors (Lipinski definition) is 0. The van der Waals surface area contributed by atoms with Crippen molar-refractivity contribution in [2.75, 3.05) is 7.11 Å². The van der Waals surface area contributed by atoms with Crippen molar-refractivity contribution in [1.29, 1.82) is 0 Å². The third-order valence-corrected chi connectivity index (χ3v) is 1.76. The molecule has 0 radical (unpaired) electrons. The van der Waals surface area contributed by atoms with Crippen molar-refractivity contribution in [3.05, 3.63) is 40.8 Å². The Morgan fingerprint density at radius 2 is 2.31 bits per heavy atom. The number of nitrogens with zero attached hydrogens (tertiary/aromatic N) is 2. The van der Waals surface area contributed by atoms with Crippen LogP contribution in [0, 0.1) is 0 Å². The van der Waals surface area contributed by atoms with Gasteiger partial charge in [0.05, 0.1) is 13.2 Å². The van der Waals surface area contributed by atoms with Crippen LogP contribution in [0.15, 0.2) is 35.3 Å². The maximum absolute atomic E-state index is 11.4. The molecule has 0 atom stereocenters. The van der Waals surface area contributed by atoms with Gasteiger partial charge in [0.2, 0.25) is 5.88 Å². The van der Waals surface area contributed by atoms with Gasteiger partial charge in [0, 0.05) is 6.20 Å². The van der Waals surface area contributed by atoms with Crippen molar-refractivity contribution >= 4 is 5.65 Å². The SMILES string of the molecule is COc1cc(=O)n2ccccc2n1. The van der Waals surface area contributed by atoms with Crippen LogP contribution in [0.3, 0.4) is 0 Å². The minimum atomic E-state index is -0.137. The standard InChI is InChI=1S/C9H8N2O2/c1-13-8-6-9(12)11-5-3-2-4-7(11)10-8/h2-6H,1H3. The summed E-state index contributed by atoms with van der Waals surface area (Å²) in [4.78, 5) is 15.5. The summed E-state index contributed by atoms with van der Waals surface area (Å²) in [6.45, 7) is 0. The zero-order valence-electron chi connectivity index (χ0n) is 7.10. The van der Waals surface area contributed by atoms with Crippen LogP contribution in [0.2, 0.25) is 0 Å². The molecule has 0 N–H and O–H groups in total. The van der Waals surface area contributed by atoms with Gasteiger partial charge in [0.25, 0.3) is 5.56 Å². The Morgan fingerprint density at radius 3 is 3.08 bits per heavy atom.